The third kappa shape index (κ3) is 3.43. The van der Waals surface area contributed by atoms with Crippen LogP contribution < -0.4 is 0 Å². The lowest BCUT2D eigenvalue weighted by Crippen LogP contribution is -2.31. The first-order chi connectivity index (χ1) is 8.25. The number of ketones is 1. The first-order valence-electron chi connectivity index (χ1n) is 5.76. The molecule has 0 N–H and O–H groups in total. The van der Waals surface area contributed by atoms with Crippen molar-refractivity contribution < 1.29 is 14.3 Å². The molecule has 1 aliphatic rings. The van der Waals surface area contributed by atoms with Gasteiger partial charge in [-0.1, -0.05) is 30.3 Å². The summed E-state index contributed by atoms with van der Waals surface area (Å²) in [5.74, 6) is 0.0939. The Balaban J connectivity index is 1.83. The lowest BCUT2D eigenvalue weighted by Gasteiger charge is -2.25. The maximum Gasteiger partial charge on any atom is 0.162 e. The van der Waals surface area contributed by atoms with Crippen LogP contribution in [-0.4, -0.2) is 18.0 Å². The van der Waals surface area contributed by atoms with Crippen molar-refractivity contribution in [1.29, 1.82) is 0 Å². The van der Waals surface area contributed by atoms with Gasteiger partial charge in [0.15, 0.2) is 5.78 Å². The van der Waals surface area contributed by atoms with Crippen LogP contribution in [0.15, 0.2) is 42.7 Å². The second kappa shape index (κ2) is 5.64. The van der Waals surface area contributed by atoms with Gasteiger partial charge in [-0.15, -0.1) is 0 Å². The summed E-state index contributed by atoms with van der Waals surface area (Å²) in [5.41, 5.74) is 1.12. The van der Waals surface area contributed by atoms with E-state index in [1.54, 1.807) is 0 Å². The van der Waals surface area contributed by atoms with Crippen LogP contribution in [0.5, 0.6) is 0 Å². The summed E-state index contributed by atoms with van der Waals surface area (Å²) in [6, 6.07) is 9.96. The van der Waals surface area contributed by atoms with Crippen LogP contribution in [0, 0.1) is 0 Å². The number of allylic oxidation sites excluding steroid dienone is 1. The summed E-state index contributed by atoms with van der Waals surface area (Å²) in [6.45, 7) is 2.47. The van der Waals surface area contributed by atoms with Crippen molar-refractivity contribution >= 4 is 5.78 Å². The van der Waals surface area contributed by atoms with Crippen molar-refractivity contribution in [2.24, 2.45) is 0 Å². The molecule has 3 heteroatoms. The van der Waals surface area contributed by atoms with Gasteiger partial charge in [-0.2, -0.15) is 0 Å². The number of hydrogen-bond donors (Lipinski definition) is 0. The minimum absolute atomic E-state index is 0.0934. The number of carbonyl (C=O) groups excluding carboxylic acids is 1. The Labute approximate surface area is 101 Å². The summed E-state index contributed by atoms with van der Waals surface area (Å²) in [6.07, 6.45) is 3.05. The van der Waals surface area contributed by atoms with Crippen LogP contribution in [0.2, 0.25) is 0 Å². The molecule has 0 fully saturated rings. The van der Waals surface area contributed by atoms with Gasteiger partial charge in [-0.3, -0.25) is 4.79 Å². The van der Waals surface area contributed by atoms with Crippen LogP contribution >= 0.6 is 0 Å². The van der Waals surface area contributed by atoms with E-state index < -0.39 is 0 Å². The molecule has 0 aliphatic carbocycles. The molecular formula is C14H16O3. The summed E-state index contributed by atoms with van der Waals surface area (Å²) >= 11 is 0. The molecule has 0 aromatic heterocycles. The molecule has 3 nitrogen and oxygen atoms in total. The zero-order chi connectivity index (χ0) is 12.1. The topological polar surface area (TPSA) is 35.5 Å². The Bertz CT molecular complexity index is 397. The average Bonchev–Trinajstić information content (AvgIpc) is 2.37. The normalized spacial score (nSPS) is 21.0. The molecular weight excluding hydrogens is 216 g/mol. The van der Waals surface area contributed by atoms with E-state index in [2.05, 4.69) is 0 Å². The van der Waals surface area contributed by atoms with E-state index in [0.717, 1.165) is 5.56 Å². The number of carbonyl (C=O) groups is 1. The van der Waals surface area contributed by atoms with Crippen LogP contribution in [0.4, 0.5) is 0 Å². The Morgan fingerprint density at radius 1 is 1.41 bits per heavy atom. The molecule has 1 aromatic rings. The Kier molecular flexibility index (Phi) is 3.94. The molecule has 0 amide bonds. The van der Waals surface area contributed by atoms with Crippen molar-refractivity contribution in [2.75, 3.05) is 0 Å². The summed E-state index contributed by atoms with van der Waals surface area (Å²) in [4.78, 5) is 11.2. The lowest BCUT2D eigenvalue weighted by molar-refractivity contribution is -0.122. The van der Waals surface area contributed by atoms with Crippen molar-refractivity contribution in [3.8, 4) is 0 Å². The molecule has 0 saturated carbocycles. The van der Waals surface area contributed by atoms with Gasteiger partial charge in [0.1, 0.15) is 6.10 Å². The smallest absolute Gasteiger partial charge is 0.162 e. The molecule has 0 unspecified atom stereocenters. The molecule has 0 radical (unpaired) electrons. The van der Waals surface area contributed by atoms with E-state index in [4.69, 9.17) is 9.47 Å². The zero-order valence-electron chi connectivity index (χ0n) is 9.84. The molecule has 0 bridgehead atoms. The number of rotatable bonds is 4. The SMILES string of the molecule is C[C@@H](OCc1ccccc1)[C@H]1CC(=O)C=CO1. The van der Waals surface area contributed by atoms with Gasteiger partial charge in [-0.25, -0.2) is 0 Å². The van der Waals surface area contributed by atoms with Crippen LogP contribution in [0.1, 0.15) is 18.9 Å². The highest BCUT2D eigenvalue weighted by atomic mass is 16.5. The Morgan fingerprint density at radius 2 is 2.18 bits per heavy atom. The second-order valence-corrected chi connectivity index (χ2v) is 4.15. The fourth-order valence-electron chi connectivity index (χ4n) is 1.72. The van der Waals surface area contributed by atoms with Crippen LogP contribution in [-0.2, 0) is 20.9 Å². The first-order valence-corrected chi connectivity index (χ1v) is 5.76. The molecule has 2 atom stereocenters. The van der Waals surface area contributed by atoms with Gasteiger partial charge in [0, 0.05) is 6.08 Å². The van der Waals surface area contributed by atoms with Crippen molar-refractivity contribution in [3.05, 3.63) is 48.2 Å². The molecule has 0 saturated heterocycles. The van der Waals surface area contributed by atoms with E-state index in [9.17, 15) is 4.79 Å². The van der Waals surface area contributed by atoms with Crippen molar-refractivity contribution in [2.45, 2.75) is 32.2 Å². The lowest BCUT2D eigenvalue weighted by atomic mass is 10.1. The fraction of sp³-hybridized carbons (Fsp3) is 0.357. The number of benzene rings is 1. The monoisotopic (exact) mass is 232 g/mol. The van der Waals surface area contributed by atoms with Gasteiger partial charge in [0.25, 0.3) is 0 Å². The van der Waals surface area contributed by atoms with E-state index in [1.165, 1.54) is 12.3 Å². The van der Waals surface area contributed by atoms with Crippen molar-refractivity contribution in [1.82, 2.24) is 0 Å². The van der Waals surface area contributed by atoms with E-state index >= 15 is 0 Å². The Hall–Kier alpha value is -1.61. The fourth-order valence-corrected chi connectivity index (χ4v) is 1.72. The minimum atomic E-state index is -0.170. The van der Waals surface area contributed by atoms with Crippen molar-refractivity contribution in [3.63, 3.8) is 0 Å². The zero-order valence-corrected chi connectivity index (χ0v) is 9.84. The molecule has 2 rings (SSSR count). The van der Waals surface area contributed by atoms with E-state index in [-0.39, 0.29) is 18.0 Å². The van der Waals surface area contributed by atoms with Gasteiger partial charge < -0.3 is 9.47 Å². The third-order valence-electron chi connectivity index (χ3n) is 2.79. The average molecular weight is 232 g/mol. The maximum atomic E-state index is 11.2. The van der Waals surface area contributed by atoms with Gasteiger partial charge >= 0.3 is 0 Å². The van der Waals surface area contributed by atoms with Crippen LogP contribution in [0.3, 0.4) is 0 Å². The number of hydrogen-bond acceptors (Lipinski definition) is 3. The molecule has 0 spiro atoms. The quantitative estimate of drug-likeness (QED) is 0.800. The highest BCUT2D eigenvalue weighted by Crippen LogP contribution is 2.15. The second-order valence-electron chi connectivity index (χ2n) is 4.15. The molecule has 1 heterocycles. The first kappa shape index (κ1) is 11.9. The van der Waals surface area contributed by atoms with Gasteiger partial charge in [-0.05, 0) is 12.5 Å². The summed E-state index contributed by atoms with van der Waals surface area (Å²) < 4.78 is 11.1. The molecule has 1 aromatic carbocycles. The minimum Gasteiger partial charge on any atom is -0.495 e. The summed E-state index contributed by atoms with van der Waals surface area (Å²) in [7, 11) is 0. The van der Waals surface area contributed by atoms with E-state index in [0.29, 0.717) is 13.0 Å². The Morgan fingerprint density at radius 3 is 2.88 bits per heavy atom. The maximum absolute atomic E-state index is 11.2. The predicted molar refractivity (Wildman–Crippen MR) is 64.3 cm³/mol. The molecule has 17 heavy (non-hydrogen) atoms. The number of ether oxygens (including phenoxy) is 2. The summed E-state index contributed by atoms with van der Waals surface area (Å²) in [5, 5.41) is 0. The highest BCUT2D eigenvalue weighted by molar-refractivity contribution is 5.90. The van der Waals surface area contributed by atoms with Gasteiger partial charge in [0.05, 0.1) is 25.4 Å². The third-order valence-corrected chi connectivity index (χ3v) is 2.79. The standard InChI is InChI=1S/C14H16O3/c1-11(14-9-13(15)7-8-16-14)17-10-12-5-3-2-4-6-12/h2-8,11,14H,9-10H2,1H3/t11-,14-/m1/s1. The molecule has 90 valence electrons. The molecule has 1 aliphatic heterocycles. The van der Waals surface area contributed by atoms with Gasteiger partial charge in [0.2, 0.25) is 0 Å². The predicted octanol–water partition coefficient (Wildman–Crippen LogP) is 2.46. The largest absolute Gasteiger partial charge is 0.495 e. The highest BCUT2D eigenvalue weighted by Gasteiger charge is 2.23. The van der Waals surface area contributed by atoms with E-state index in [1.807, 2.05) is 37.3 Å². The van der Waals surface area contributed by atoms with Crippen LogP contribution in [0.25, 0.3) is 0 Å².